The molecule has 230 valence electrons. The van der Waals surface area contributed by atoms with Gasteiger partial charge in [0.25, 0.3) is 0 Å². The van der Waals surface area contributed by atoms with Crippen LogP contribution < -0.4 is 0 Å². The molecule has 11 nitrogen and oxygen atoms in total. The number of carbonyl (C=O) groups excluding carboxylic acids is 4. The maximum atomic E-state index is 12.3. The lowest BCUT2D eigenvalue weighted by Crippen LogP contribution is -2.61. The van der Waals surface area contributed by atoms with Gasteiger partial charge in [0.05, 0.1) is 16.1 Å². The van der Waals surface area contributed by atoms with Crippen LogP contribution in [0.2, 0.25) is 5.02 Å². The van der Waals surface area contributed by atoms with Crippen LogP contribution in [0.25, 0.3) is 21.7 Å². The zero-order valence-corrected chi connectivity index (χ0v) is 26.4. The molecule has 0 aliphatic carbocycles. The summed E-state index contributed by atoms with van der Waals surface area (Å²) < 4.78 is 28.0. The van der Waals surface area contributed by atoms with Crippen LogP contribution in [0.1, 0.15) is 33.3 Å². The normalized spacial score (nSPS) is 21.0. The third kappa shape index (κ3) is 8.15. The van der Waals surface area contributed by atoms with E-state index in [1.165, 1.54) is 18.3 Å². The van der Waals surface area contributed by atoms with Crippen molar-refractivity contribution in [3.05, 3.63) is 58.4 Å². The number of rotatable bonds is 9. The van der Waals surface area contributed by atoms with E-state index in [0.717, 1.165) is 37.4 Å². The molecule has 1 saturated heterocycles. The summed E-state index contributed by atoms with van der Waals surface area (Å²) in [5, 5.41) is 13.0. The van der Waals surface area contributed by atoms with E-state index in [1.54, 1.807) is 30.3 Å². The van der Waals surface area contributed by atoms with Crippen LogP contribution in [0.4, 0.5) is 0 Å². The Balaban J connectivity index is 1.86. The van der Waals surface area contributed by atoms with Crippen molar-refractivity contribution in [2.75, 3.05) is 6.61 Å². The fourth-order valence-corrected chi connectivity index (χ4v) is 6.52. The fourth-order valence-electron chi connectivity index (χ4n) is 4.52. The van der Waals surface area contributed by atoms with Crippen molar-refractivity contribution in [1.82, 2.24) is 4.98 Å². The topological polar surface area (TPSA) is 151 Å². The van der Waals surface area contributed by atoms with E-state index < -0.39 is 53.7 Å². The molecule has 1 aliphatic rings. The van der Waals surface area contributed by atoms with Crippen LogP contribution >= 0.6 is 34.7 Å². The van der Waals surface area contributed by atoms with Crippen molar-refractivity contribution < 1.29 is 42.9 Å². The monoisotopic (exact) mass is 658 g/mol. The molecule has 1 fully saturated rings. The lowest BCUT2D eigenvalue weighted by molar-refractivity contribution is -0.237. The molecule has 0 unspecified atom stereocenters. The Morgan fingerprint density at radius 2 is 1.59 bits per heavy atom. The highest BCUT2D eigenvalue weighted by Gasteiger charge is 2.52. The minimum atomic E-state index is -1.35. The molecule has 1 aromatic carbocycles. The van der Waals surface area contributed by atoms with Gasteiger partial charge >= 0.3 is 23.9 Å². The van der Waals surface area contributed by atoms with Crippen LogP contribution in [0.5, 0.6) is 0 Å². The van der Waals surface area contributed by atoms with Gasteiger partial charge in [-0.05, 0) is 35.2 Å². The number of carbonyl (C=O) groups is 4. The molecule has 3 heterocycles. The van der Waals surface area contributed by atoms with Gasteiger partial charge in [-0.2, -0.15) is 5.26 Å². The molecule has 0 bridgehead atoms. The second kappa shape index (κ2) is 14.7. The first-order valence-corrected chi connectivity index (χ1v) is 15.3. The average Bonchev–Trinajstić information content (AvgIpc) is 3.50. The molecule has 44 heavy (non-hydrogen) atoms. The van der Waals surface area contributed by atoms with Gasteiger partial charge in [-0.1, -0.05) is 41.6 Å². The van der Waals surface area contributed by atoms with E-state index in [0.29, 0.717) is 21.8 Å². The number of nitrogens with zero attached hydrogens (tertiary/aromatic N) is 2. The number of aromatic nitrogens is 1. The number of nitriles is 1. The van der Waals surface area contributed by atoms with E-state index in [4.69, 9.17) is 40.3 Å². The number of thioether (sulfide) groups is 1. The van der Waals surface area contributed by atoms with Crippen molar-refractivity contribution in [2.45, 2.75) is 62.6 Å². The summed E-state index contributed by atoms with van der Waals surface area (Å²) in [6.45, 7) is 4.27. The van der Waals surface area contributed by atoms with Crippen molar-refractivity contribution in [2.24, 2.45) is 0 Å². The molecule has 0 spiro atoms. The van der Waals surface area contributed by atoms with Crippen molar-refractivity contribution >= 4 is 58.6 Å². The van der Waals surface area contributed by atoms with Gasteiger partial charge < -0.3 is 23.7 Å². The lowest BCUT2D eigenvalue weighted by atomic mass is 9.99. The van der Waals surface area contributed by atoms with E-state index >= 15 is 0 Å². The molecule has 0 saturated carbocycles. The van der Waals surface area contributed by atoms with Crippen LogP contribution in [0.3, 0.4) is 0 Å². The number of halogens is 1. The average molecular weight is 659 g/mol. The number of hydrogen-bond donors (Lipinski definition) is 0. The van der Waals surface area contributed by atoms with Gasteiger partial charge in [-0.3, -0.25) is 19.2 Å². The molecular formula is C30H27ClN2O9S2. The predicted molar refractivity (Wildman–Crippen MR) is 161 cm³/mol. The third-order valence-corrected chi connectivity index (χ3v) is 8.48. The largest absolute Gasteiger partial charge is 0.463 e. The smallest absolute Gasteiger partial charge is 0.303 e. The van der Waals surface area contributed by atoms with E-state index in [2.05, 4.69) is 6.07 Å². The summed E-state index contributed by atoms with van der Waals surface area (Å²) >= 11 is 8.52. The Hall–Kier alpha value is -3.96. The minimum absolute atomic E-state index is 0.200. The number of benzene rings is 1. The summed E-state index contributed by atoms with van der Waals surface area (Å²) in [4.78, 5) is 53.8. The van der Waals surface area contributed by atoms with Gasteiger partial charge in [-0.15, -0.1) is 11.3 Å². The quantitative estimate of drug-likeness (QED) is 0.220. The van der Waals surface area contributed by atoms with E-state index in [1.807, 2.05) is 17.5 Å². The molecule has 14 heteroatoms. The van der Waals surface area contributed by atoms with Crippen molar-refractivity contribution in [1.29, 1.82) is 5.26 Å². The fraction of sp³-hybridized carbons (Fsp3) is 0.333. The molecule has 4 rings (SSSR count). The van der Waals surface area contributed by atoms with Gasteiger partial charge in [0.15, 0.2) is 23.7 Å². The number of hydrogen-bond acceptors (Lipinski definition) is 13. The zero-order chi connectivity index (χ0) is 32.0. The highest BCUT2D eigenvalue weighted by Crippen LogP contribution is 2.41. The van der Waals surface area contributed by atoms with Crippen LogP contribution in [0, 0.1) is 11.3 Å². The Kier molecular flexibility index (Phi) is 11.0. The number of ether oxygens (including phenoxy) is 5. The van der Waals surface area contributed by atoms with Gasteiger partial charge in [0.1, 0.15) is 23.8 Å². The number of pyridine rings is 1. The standard InChI is InChI=1S/C30H27ClN2O9S2/c1-15(34)38-14-24-26(39-16(2)35)27(40-17(3)36)28(41-18(4)37)30(42-24)44-29-22(13-32)21(19-7-9-20(31)10-8-19)12-23(33-29)25-6-5-11-43-25/h5-12,24,26-28,30H,14H2,1-4H3/t24-,26-,27+,28-,30+/m1/s1. The number of esters is 4. The third-order valence-electron chi connectivity index (χ3n) is 6.20. The predicted octanol–water partition coefficient (Wildman–Crippen LogP) is 5.18. The molecule has 1 aliphatic heterocycles. The van der Waals surface area contributed by atoms with Crippen molar-refractivity contribution in [3.8, 4) is 27.8 Å². The van der Waals surface area contributed by atoms with Gasteiger partial charge in [-0.25, -0.2) is 4.98 Å². The van der Waals surface area contributed by atoms with Gasteiger partial charge in [0, 0.05) is 38.3 Å². The van der Waals surface area contributed by atoms with Gasteiger partial charge in [0.2, 0.25) is 0 Å². The molecule has 0 amide bonds. The molecule has 5 atom stereocenters. The second-order valence-electron chi connectivity index (χ2n) is 9.52. The second-order valence-corrected chi connectivity index (χ2v) is 12.0. The first kappa shape index (κ1) is 32.9. The van der Waals surface area contributed by atoms with Crippen LogP contribution in [-0.2, 0) is 42.9 Å². The Morgan fingerprint density at radius 1 is 0.955 bits per heavy atom. The molecule has 3 aromatic rings. The summed E-state index contributed by atoms with van der Waals surface area (Å²) in [7, 11) is 0. The van der Waals surface area contributed by atoms with E-state index in [-0.39, 0.29) is 17.2 Å². The van der Waals surface area contributed by atoms with Crippen LogP contribution in [-0.4, -0.2) is 65.3 Å². The summed E-state index contributed by atoms with van der Waals surface area (Å²) in [5.41, 5.74) is 0.875. The maximum absolute atomic E-state index is 12.3. The van der Waals surface area contributed by atoms with E-state index in [9.17, 15) is 24.4 Å². The minimum Gasteiger partial charge on any atom is -0.463 e. The summed E-state index contributed by atoms with van der Waals surface area (Å²) in [5.74, 6) is -2.85. The highest BCUT2D eigenvalue weighted by molar-refractivity contribution is 7.99. The first-order chi connectivity index (χ1) is 21.0. The molecular weight excluding hydrogens is 632 g/mol. The SMILES string of the molecule is CC(=O)OC[C@H]1O[C@@H](Sc2nc(-c3cccs3)cc(-c3ccc(Cl)cc3)c2C#N)[C@H](OC(C)=O)[C@@H](OC(C)=O)[C@@H]1OC(C)=O. The molecule has 0 radical (unpaired) electrons. The Bertz CT molecular complexity index is 1570. The summed E-state index contributed by atoms with van der Waals surface area (Å²) in [6, 6.07) is 14.7. The van der Waals surface area contributed by atoms with Crippen molar-refractivity contribution in [3.63, 3.8) is 0 Å². The molecule has 2 aromatic heterocycles. The summed E-state index contributed by atoms with van der Waals surface area (Å²) in [6.07, 6.45) is -5.12. The molecule has 0 N–H and O–H groups in total. The Morgan fingerprint density at radius 3 is 2.16 bits per heavy atom. The zero-order valence-electron chi connectivity index (χ0n) is 24.0. The first-order valence-electron chi connectivity index (χ1n) is 13.2. The lowest BCUT2D eigenvalue weighted by Gasteiger charge is -2.44. The maximum Gasteiger partial charge on any atom is 0.303 e. The van der Waals surface area contributed by atoms with Crippen LogP contribution in [0.15, 0.2) is 52.9 Å². The number of thiophene rings is 1. The Labute approximate surface area is 266 Å². The highest BCUT2D eigenvalue weighted by atomic mass is 35.5.